The summed E-state index contributed by atoms with van der Waals surface area (Å²) in [4.78, 5) is 14.3. The molecule has 0 aliphatic heterocycles. The summed E-state index contributed by atoms with van der Waals surface area (Å²) in [5, 5.41) is 8.52. The first-order valence-electron chi connectivity index (χ1n) is 7.40. The number of carboxylic acid groups (broad SMARTS) is 1. The number of rotatable bonds is 8. The van der Waals surface area contributed by atoms with Gasteiger partial charge in [-0.15, -0.1) is 0 Å². The van der Waals surface area contributed by atoms with Crippen LogP contribution in [-0.2, 0) is 11.2 Å². The second-order valence-electron chi connectivity index (χ2n) is 5.11. The Morgan fingerprint density at radius 1 is 1.04 bits per heavy atom. The Labute approximate surface area is 135 Å². The topological polar surface area (TPSA) is 84.9 Å². The maximum Gasteiger partial charge on any atom is 0.305 e. The second kappa shape index (κ2) is 8.58. The fourth-order valence-corrected chi connectivity index (χ4v) is 2.03. The van der Waals surface area contributed by atoms with Gasteiger partial charge in [0.15, 0.2) is 0 Å². The summed E-state index contributed by atoms with van der Waals surface area (Å²) in [6.07, 6.45) is 0.842. The van der Waals surface area contributed by atoms with E-state index < -0.39 is 5.97 Å². The third kappa shape index (κ3) is 6.22. The molecule has 2 aromatic rings. The highest BCUT2D eigenvalue weighted by molar-refractivity contribution is 5.82. The van der Waals surface area contributed by atoms with Crippen molar-refractivity contribution in [3.8, 4) is 5.75 Å². The predicted molar refractivity (Wildman–Crippen MR) is 89.9 cm³/mol. The first-order chi connectivity index (χ1) is 11.1. The average molecular weight is 312 g/mol. The van der Waals surface area contributed by atoms with Gasteiger partial charge in [0.25, 0.3) is 0 Å². The van der Waals surface area contributed by atoms with E-state index in [1.807, 2.05) is 42.5 Å². The second-order valence-corrected chi connectivity index (χ2v) is 5.11. The van der Waals surface area contributed by atoms with Gasteiger partial charge in [0, 0.05) is 0 Å². The molecule has 3 N–H and O–H groups in total. The van der Waals surface area contributed by atoms with Crippen LogP contribution in [-0.4, -0.2) is 30.1 Å². The van der Waals surface area contributed by atoms with Gasteiger partial charge in [-0.3, -0.25) is 9.79 Å². The Hall–Kier alpha value is -2.82. The van der Waals surface area contributed by atoms with Crippen molar-refractivity contribution in [2.45, 2.75) is 12.8 Å². The Kier molecular flexibility index (Phi) is 6.17. The molecule has 0 amide bonds. The monoisotopic (exact) mass is 312 g/mol. The number of ether oxygens (including phenoxy) is 1. The highest BCUT2D eigenvalue weighted by Crippen LogP contribution is 2.15. The molecule has 23 heavy (non-hydrogen) atoms. The lowest BCUT2D eigenvalue weighted by Gasteiger charge is -2.07. The van der Waals surface area contributed by atoms with E-state index in [0.717, 1.165) is 6.42 Å². The summed E-state index contributed by atoms with van der Waals surface area (Å²) in [7, 11) is 0. The van der Waals surface area contributed by atoms with Crippen LogP contribution < -0.4 is 10.5 Å². The van der Waals surface area contributed by atoms with Gasteiger partial charge >= 0.3 is 5.97 Å². The van der Waals surface area contributed by atoms with E-state index in [4.69, 9.17) is 15.6 Å². The third-order valence-corrected chi connectivity index (χ3v) is 3.20. The average Bonchev–Trinajstić information content (AvgIpc) is 2.55. The molecule has 0 fully saturated rings. The summed E-state index contributed by atoms with van der Waals surface area (Å²) in [6, 6.07) is 18.1. The van der Waals surface area contributed by atoms with Gasteiger partial charge in [0.2, 0.25) is 0 Å². The molecule has 0 unspecified atom stereocenters. The fraction of sp³-hybridized carbons (Fsp3) is 0.222. The Morgan fingerprint density at radius 3 is 2.35 bits per heavy atom. The van der Waals surface area contributed by atoms with Crippen molar-refractivity contribution in [3.63, 3.8) is 0 Å². The van der Waals surface area contributed by atoms with Crippen LogP contribution in [0.15, 0.2) is 59.6 Å². The number of carbonyl (C=O) groups is 1. The predicted octanol–water partition coefficient (Wildman–Crippen LogP) is 2.49. The molecule has 2 aromatic carbocycles. The van der Waals surface area contributed by atoms with Crippen molar-refractivity contribution >= 4 is 11.8 Å². The lowest BCUT2D eigenvalue weighted by molar-refractivity contribution is -0.136. The van der Waals surface area contributed by atoms with Crippen LogP contribution in [0.1, 0.15) is 17.5 Å². The molecule has 2 rings (SSSR count). The maximum atomic E-state index is 10.4. The minimum absolute atomic E-state index is 0.0329. The van der Waals surface area contributed by atoms with Crippen LogP contribution in [0.4, 0.5) is 0 Å². The summed E-state index contributed by atoms with van der Waals surface area (Å²) >= 11 is 0. The number of benzene rings is 2. The normalized spacial score (nSPS) is 11.2. The van der Waals surface area contributed by atoms with E-state index in [-0.39, 0.29) is 19.6 Å². The van der Waals surface area contributed by atoms with Crippen molar-refractivity contribution in [1.82, 2.24) is 0 Å². The van der Waals surface area contributed by atoms with Crippen LogP contribution in [0, 0.1) is 0 Å². The molecule has 0 aromatic heterocycles. The number of carboxylic acids is 1. The molecular weight excluding hydrogens is 292 g/mol. The Bertz CT molecular complexity index is 652. The molecule has 0 spiro atoms. The van der Waals surface area contributed by atoms with Crippen LogP contribution in [0.25, 0.3) is 0 Å². The van der Waals surface area contributed by atoms with Gasteiger partial charge in [-0.05, 0) is 29.7 Å². The molecule has 0 aliphatic carbocycles. The molecule has 120 valence electrons. The Morgan fingerprint density at radius 2 is 1.70 bits per heavy atom. The van der Waals surface area contributed by atoms with E-state index in [1.54, 1.807) is 0 Å². The number of hydrogen-bond donors (Lipinski definition) is 2. The lowest BCUT2D eigenvalue weighted by atomic mass is 10.1. The molecular formula is C18H20N2O3. The zero-order chi connectivity index (χ0) is 16.5. The fourth-order valence-electron chi connectivity index (χ4n) is 2.03. The number of nitrogens with zero attached hydrogens (tertiary/aromatic N) is 1. The molecule has 0 aliphatic rings. The van der Waals surface area contributed by atoms with E-state index in [0.29, 0.717) is 11.6 Å². The van der Waals surface area contributed by atoms with Gasteiger partial charge in [0.1, 0.15) is 18.2 Å². The summed E-state index contributed by atoms with van der Waals surface area (Å²) in [5.74, 6) is 0.106. The summed E-state index contributed by atoms with van der Waals surface area (Å²) in [5.41, 5.74) is 8.13. The zero-order valence-electron chi connectivity index (χ0n) is 12.8. The molecule has 0 atom stereocenters. The van der Waals surface area contributed by atoms with Gasteiger partial charge < -0.3 is 15.6 Å². The largest absolute Gasteiger partial charge is 0.486 e. The van der Waals surface area contributed by atoms with Gasteiger partial charge in [-0.2, -0.15) is 0 Å². The zero-order valence-corrected chi connectivity index (χ0v) is 12.8. The van der Waals surface area contributed by atoms with Gasteiger partial charge in [-0.1, -0.05) is 42.5 Å². The van der Waals surface area contributed by atoms with Crippen molar-refractivity contribution in [1.29, 1.82) is 0 Å². The minimum Gasteiger partial charge on any atom is -0.486 e. The van der Waals surface area contributed by atoms with E-state index in [9.17, 15) is 4.79 Å². The summed E-state index contributed by atoms with van der Waals surface area (Å²) < 4.78 is 5.53. The number of aliphatic carboxylic acids is 1. The number of amidine groups is 1. The first kappa shape index (κ1) is 16.5. The number of aliphatic imine (C=N–C) groups is 1. The lowest BCUT2D eigenvalue weighted by Crippen LogP contribution is -2.21. The molecule has 5 nitrogen and oxygen atoms in total. The van der Waals surface area contributed by atoms with Gasteiger partial charge in [0.05, 0.1) is 13.0 Å². The summed E-state index contributed by atoms with van der Waals surface area (Å²) in [6.45, 7) is 0.318. The van der Waals surface area contributed by atoms with E-state index in [2.05, 4.69) is 17.1 Å². The van der Waals surface area contributed by atoms with E-state index >= 15 is 0 Å². The highest BCUT2D eigenvalue weighted by Gasteiger charge is 2.00. The van der Waals surface area contributed by atoms with Crippen LogP contribution >= 0.6 is 0 Å². The molecule has 0 saturated heterocycles. The Balaban J connectivity index is 1.82. The minimum atomic E-state index is -0.892. The van der Waals surface area contributed by atoms with Crippen LogP contribution in [0.2, 0.25) is 0 Å². The molecule has 0 heterocycles. The van der Waals surface area contributed by atoms with Gasteiger partial charge in [-0.25, -0.2) is 0 Å². The van der Waals surface area contributed by atoms with Crippen molar-refractivity contribution in [2.75, 3.05) is 13.2 Å². The van der Waals surface area contributed by atoms with Crippen LogP contribution in [0.3, 0.4) is 0 Å². The van der Waals surface area contributed by atoms with Crippen molar-refractivity contribution in [3.05, 3.63) is 65.7 Å². The quantitative estimate of drug-likeness (QED) is 0.579. The maximum absolute atomic E-state index is 10.4. The molecule has 0 bridgehead atoms. The number of nitrogens with two attached hydrogens (primary N) is 1. The standard InChI is InChI=1S/C18H20N2O3/c19-17(20-11-10-18(21)22)13-23-16-8-6-15(7-9-16)12-14-4-2-1-3-5-14/h1-9H,10-13H2,(H2,19,20)(H,21,22). The SMILES string of the molecule is NC(COc1ccc(Cc2ccccc2)cc1)=NCCC(=O)O. The van der Waals surface area contributed by atoms with Crippen molar-refractivity contribution in [2.24, 2.45) is 10.7 Å². The molecule has 0 radical (unpaired) electrons. The van der Waals surface area contributed by atoms with E-state index in [1.165, 1.54) is 11.1 Å². The highest BCUT2D eigenvalue weighted by atomic mass is 16.5. The molecule has 0 saturated carbocycles. The number of hydrogen-bond acceptors (Lipinski definition) is 3. The first-order valence-corrected chi connectivity index (χ1v) is 7.40. The van der Waals surface area contributed by atoms with Crippen molar-refractivity contribution < 1.29 is 14.6 Å². The third-order valence-electron chi connectivity index (χ3n) is 3.20. The van der Waals surface area contributed by atoms with Crippen LogP contribution in [0.5, 0.6) is 5.75 Å². The molecule has 5 heteroatoms. The smallest absolute Gasteiger partial charge is 0.305 e.